The second-order valence-electron chi connectivity index (χ2n) is 1.79. The number of aliphatic carboxylic acids is 1. The number of carboxylic acids is 1. The van der Waals surface area contributed by atoms with E-state index in [2.05, 4.69) is 0 Å². The monoisotopic (exact) mass is 101 g/mol. The molecule has 1 aliphatic rings. The first kappa shape index (κ1) is 4.59. The van der Waals surface area contributed by atoms with Gasteiger partial charge in [0.1, 0.15) is 6.04 Å². The van der Waals surface area contributed by atoms with E-state index in [9.17, 15) is 4.79 Å². The van der Waals surface area contributed by atoms with Gasteiger partial charge in [0.05, 0.1) is 0 Å². The van der Waals surface area contributed by atoms with Crippen molar-refractivity contribution in [3.05, 3.63) is 0 Å². The minimum atomic E-state index is -0.706. The van der Waals surface area contributed by atoms with Crippen LogP contribution in [0.2, 0.25) is 0 Å². The lowest BCUT2D eigenvalue weighted by Gasteiger charge is -1.82. The molecule has 0 amide bonds. The van der Waals surface area contributed by atoms with Crippen LogP contribution in [0.25, 0.3) is 0 Å². The molecular formula is C4H7NO2. The van der Waals surface area contributed by atoms with E-state index in [1.54, 1.807) is 11.9 Å². The molecule has 1 unspecified atom stereocenters. The molecule has 3 nitrogen and oxygen atoms in total. The van der Waals surface area contributed by atoms with Gasteiger partial charge in [-0.3, -0.25) is 9.69 Å². The summed E-state index contributed by atoms with van der Waals surface area (Å²) in [5.74, 6) is -0.706. The van der Waals surface area contributed by atoms with Crippen molar-refractivity contribution in [2.24, 2.45) is 0 Å². The molecule has 0 spiro atoms. The maximum absolute atomic E-state index is 9.93. The van der Waals surface area contributed by atoms with Gasteiger partial charge in [-0.15, -0.1) is 0 Å². The van der Waals surface area contributed by atoms with Gasteiger partial charge in [-0.2, -0.15) is 0 Å². The number of hydrogen-bond acceptors (Lipinski definition) is 2. The van der Waals surface area contributed by atoms with Crippen LogP contribution in [-0.2, 0) is 4.79 Å². The summed E-state index contributed by atoms with van der Waals surface area (Å²) in [7, 11) is 1.79. The summed E-state index contributed by atoms with van der Waals surface area (Å²) in [5.41, 5.74) is 0. The van der Waals surface area contributed by atoms with Crippen molar-refractivity contribution in [2.45, 2.75) is 6.04 Å². The van der Waals surface area contributed by atoms with Crippen molar-refractivity contribution in [2.75, 3.05) is 13.6 Å². The Hall–Kier alpha value is -0.570. The number of nitrogens with zero attached hydrogens (tertiary/aromatic N) is 1. The van der Waals surface area contributed by atoms with Crippen LogP contribution in [0.5, 0.6) is 0 Å². The fourth-order valence-electron chi connectivity index (χ4n) is 0.492. The zero-order chi connectivity index (χ0) is 5.44. The Kier molecular flexibility index (Phi) is 0.785. The Morgan fingerprint density at radius 3 is 2.43 bits per heavy atom. The van der Waals surface area contributed by atoms with Gasteiger partial charge in [-0.05, 0) is 7.05 Å². The first-order valence-electron chi connectivity index (χ1n) is 2.15. The number of carboxylic acid groups (broad SMARTS) is 1. The molecule has 3 heteroatoms. The highest BCUT2D eigenvalue weighted by Crippen LogP contribution is 2.11. The maximum Gasteiger partial charge on any atom is 0.322 e. The van der Waals surface area contributed by atoms with E-state index in [1.807, 2.05) is 0 Å². The van der Waals surface area contributed by atoms with Crippen LogP contribution in [0.15, 0.2) is 0 Å². The lowest BCUT2D eigenvalue weighted by atomic mass is 10.5. The Morgan fingerprint density at radius 2 is 2.43 bits per heavy atom. The molecule has 0 aliphatic carbocycles. The molecule has 2 atom stereocenters. The number of carbonyl (C=O) groups is 1. The van der Waals surface area contributed by atoms with Gasteiger partial charge in [-0.1, -0.05) is 0 Å². The molecule has 0 radical (unpaired) electrons. The predicted molar refractivity (Wildman–Crippen MR) is 24.1 cm³/mol. The zero-order valence-electron chi connectivity index (χ0n) is 4.09. The molecule has 0 aromatic carbocycles. The second kappa shape index (κ2) is 1.20. The van der Waals surface area contributed by atoms with Crippen molar-refractivity contribution in [1.29, 1.82) is 0 Å². The van der Waals surface area contributed by atoms with Crippen LogP contribution in [0.4, 0.5) is 0 Å². The Morgan fingerprint density at radius 1 is 2.00 bits per heavy atom. The summed E-state index contributed by atoms with van der Waals surface area (Å²) in [5, 5.41) is 8.18. The maximum atomic E-state index is 9.93. The molecule has 0 aromatic heterocycles. The van der Waals surface area contributed by atoms with E-state index < -0.39 is 5.97 Å². The molecule has 0 aromatic rings. The average molecular weight is 101 g/mol. The number of rotatable bonds is 1. The van der Waals surface area contributed by atoms with Crippen LogP contribution in [-0.4, -0.2) is 35.6 Å². The average Bonchev–Trinajstić information content (AvgIpc) is 2.17. The first-order valence-corrected chi connectivity index (χ1v) is 2.15. The van der Waals surface area contributed by atoms with E-state index in [-0.39, 0.29) is 6.04 Å². The van der Waals surface area contributed by atoms with Gasteiger partial charge in [-0.25, -0.2) is 0 Å². The lowest BCUT2D eigenvalue weighted by Crippen LogP contribution is -2.08. The van der Waals surface area contributed by atoms with Crippen molar-refractivity contribution < 1.29 is 9.90 Å². The highest BCUT2D eigenvalue weighted by atomic mass is 16.4. The van der Waals surface area contributed by atoms with Crippen LogP contribution in [0.1, 0.15) is 0 Å². The SMILES string of the molecule is CN1C[C@@H]1C(=O)O. The minimum Gasteiger partial charge on any atom is -0.480 e. The summed E-state index contributed by atoms with van der Waals surface area (Å²) < 4.78 is 0. The van der Waals surface area contributed by atoms with Gasteiger partial charge >= 0.3 is 5.97 Å². The third-order valence-electron chi connectivity index (χ3n) is 1.14. The fourth-order valence-corrected chi connectivity index (χ4v) is 0.492. The van der Waals surface area contributed by atoms with Crippen molar-refractivity contribution >= 4 is 5.97 Å². The van der Waals surface area contributed by atoms with Gasteiger partial charge in [0.2, 0.25) is 0 Å². The topological polar surface area (TPSA) is 40.3 Å². The molecule has 40 valence electrons. The Balaban J connectivity index is 2.33. The van der Waals surface area contributed by atoms with Gasteiger partial charge in [0, 0.05) is 6.54 Å². The van der Waals surface area contributed by atoms with Crippen LogP contribution < -0.4 is 0 Å². The second-order valence-corrected chi connectivity index (χ2v) is 1.79. The molecular weight excluding hydrogens is 94.0 g/mol. The summed E-state index contributed by atoms with van der Waals surface area (Å²) in [6, 6.07) is -0.181. The summed E-state index contributed by atoms with van der Waals surface area (Å²) in [6.07, 6.45) is 0. The first-order chi connectivity index (χ1) is 3.22. The molecule has 1 aliphatic heterocycles. The van der Waals surface area contributed by atoms with E-state index >= 15 is 0 Å². The lowest BCUT2D eigenvalue weighted by molar-refractivity contribution is -0.137. The fraction of sp³-hybridized carbons (Fsp3) is 0.750. The molecule has 0 bridgehead atoms. The van der Waals surface area contributed by atoms with E-state index in [1.165, 1.54) is 0 Å². The summed E-state index contributed by atoms with van der Waals surface area (Å²) >= 11 is 0. The molecule has 7 heavy (non-hydrogen) atoms. The third kappa shape index (κ3) is 0.718. The third-order valence-corrected chi connectivity index (χ3v) is 1.14. The molecule has 1 rings (SSSR count). The standard InChI is InChI=1S/C4H7NO2/c1-5-2-3(5)4(6)7/h3H,2H2,1H3,(H,6,7)/t3-,5?/m1/s1. The highest BCUT2D eigenvalue weighted by Gasteiger charge is 2.36. The molecule has 1 heterocycles. The number of likely N-dealkylation sites (N-methyl/N-ethyl adjacent to an activating group) is 1. The molecule has 0 saturated carbocycles. The largest absolute Gasteiger partial charge is 0.480 e. The normalized spacial score (nSPS) is 37.9. The minimum absolute atomic E-state index is 0.181. The van der Waals surface area contributed by atoms with Crippen molar-refractivity contribution in [3.8, 4) is 0 Å². The summed E-state index contributed by atoms with van der Waals surface area (Å²) in [6.45, 7) is 0.718. The van der Waals surface area contributed by atoms with E-state index in [4.69, 9.17) is 5.11 Å². The quantitative estimate of drug-likeness (QED) is 0.448. The van der Waals surface area contributed by atoms with Gasteiger partial charge < -0.3 is 5.11 Å². The van der Waals surface area contributed by atoms with Crippen LogP contribution in [0, 0.1) is 0 Å². The van der Waals surface area contributed by atoms with E-state index in [0.29, 0.717) is 0 Å². The molecule has 1 N–H and O–H groups in total. The summed E-state index contributed by atoms with van der Waals surface area (Å²) in [4.78, 5) is 11.7. The van der Waals surface area contributed by atoms with E-state index in [0.717, 1.165) is 6.54 Å². The number of hydrogen-bond donors (Lipinski definition) is 1. The Labute approximate surface area is 41.5 Å². The van der Waals surface area contributed by atoms with Crippen molar-refractivity contribution in [3.63, 3.8) is 0 Å². The predicted octanol–water partition coefficient (Wildman–Crippen LogP) is -0.615. The smallest absolute Gasteiger partial charge is 0.322 e. The Bertz CT molecular complexity index is 102. The highest BCUT2D eigenvalue weighted by molar-refractivity contribution is 5.76. The van der Waals surface area contributed by atoms with Gasteiger partial charge in [0.25, 0.3) is 0 Å². The molecule has 1 fully saturated rings. The van der Waals surface area contributed by atoms with Gasteiger partial charge in [0.15, 0.2) is 0 Å². The molecule has 1 saturated heterocycles. The van der Waals surface area contributed by atoms with Crippen LogP contribution in [0.3, 0.4) is 0 Å². The van der Waals surface area contributed by atoms with Crippen LogP contribution >= 0.6 is 0 Å². The zero-order valence-corrected chi connectivity index (χ0v) is 4.09. The van der Waals surface area contributed by atoms with Crippen molar-refractivity contribution in [1.82, 2.24) is 4.90 Å².